The quantitative estimate of drug-likeness (QED) is 0.548. The molecule has 0 aliphatic heterocycles. The van der Waals surface area contributed by atoms with Crippen molar-refractivity contribution in [3.8, 4) is 10.4 Å². The van der Waals surface area contributed by atoms with E-state index in [1.165, 1.54) is 12.1 Å². The van der Waals surface area contributed by atoms with Gasteiger partial charge >= 0.3 is 0 Å². The van der Waals surface area contributed by atoms with E-state index in [0.717, 1.165) is 20.9 Å². The minimum absolute atomic E-state index is 0.164. The molecule has 0 saturated heterocycles. The highest BCUT2D eigenvalue weighted by Gasteiger charge is 2.03. The van der Waals surface area contributed by atoms with Crippen molar-refractivity contribution in [3.63, 3.8) is 0 Å². The molecule has 3 rings (SSSR count). The number of thiophene rings is 1. The Morgan fingerprint density at radius 1 is 1.04 bits per heavy atom. The van der Waals surface area contributed by atoms with Crippen molar-refractivity contribution < 1.29 is 9.18 Å². The molecular formula is C19H15FN2OS. The molecule has 24 heavy (non-hydrogen) atoms. The predicted octanol–water partition coefficient (Wildman–Crippen LogP) is 4.25. The molecule has 0 fully saturated rings. The third-order valence-corrected chi connectivity index (χ3v) is 4.41. The Kier molecular flexibility index (Phi) is 5.13. The largest absolute Gasteiger partial charge is 0.273 e. The van der Waals surface area contributed by atoms with E-state index >= 15 is 0 Å². The first kappa shape index (κ1) is 16.1. The van der Waals surface area contributed by atoms with E-state index in [0.29, 0.717) is 0 Å². The minimum Gasteiger partial charge on any atom is -0.273 e. The molecule has 5 heteroatoms. The van der Waals surface area contributed by atoms with E-state index in [2.05, 4.69) is 22.7 Å². The Hall–Kier alpha value is -2.79. The second-order valence-electron chi connectivity index (χ2n) is 5.16. The Bertz CT molecular complexity index is 841. The first-order valence-electron chi connectivity index (χ1n) is 7.42. The lowest BCUT2D eigenvalue weighted by atomic mass is 10.1. The van der Waals surface area contributed by atoms with Gasteiger partial charge in [-0.2, -0.15) is 5.10 Å². The van der Waals surface area contributed by atoms with Crippen LogP contribution >= 0.6 is 11.3 Å². The van der Waals surface area contributed by atoms with Crippen LogP contribution in [0.4, 0.5) is 4.39 Å². The number of nitrogens with zero attached hydrogens (tertiary/aromatic N) is 1. The van der Waals surface area contributed by atoms with Crippen molar-refractivity contribution in [1.29, 1.82) is 0 Å². The average molecular weight is 338 g/mol. The van der Waals surface area contributed by atoms with E-state index < -0.39 is 0 Å². The minimum atomic E-state index is -0.316. The molecule has 1 amide bonds. The van der Waals surface area contributed by atoms with Crippen molar-refractivity contribution in [1.82, 2.24) is 5.43 Å². The normalized spacial score (nSPS) is 10.9. The van der Waals surface area contributed by atoms with Crippen LogP contribution in [-0.4, -0.2) is 12.1 Å². The summed E-state index contributed by atoms with van der Waals surface area (Å²) in [5.74, 6) is -0.554. The molecule has 0 spiro atoms. The second kappa shape index (κ2) is 7.66. The summed E-state index contributed by atoms with van der Waals surface area (Å²) in [4.78, 5) is 13.9. The zero-order chi connectivity index (χ0) is 16.8. The summed E-state index contributed by atoms with van der Waals surface area (Å²) in [7, 11) is 0. The lowest BCUT2D eigenvalue weighted by molar-refractivity contribution is -0.120. The van der Waals surface area contributed by atoms with Gasteiger partial charge in [-0.1, -0.05) is 42.5 Å². The van der Waals surface area contributed by atoms with Gasteiger partial charge in [0.15, 0.2) is 0 Å². The highest BCUT2D eigenvalue weighted by molar-refractivity contribution is 7.17. The molecular weight excluding hydrogens is 323 g/mol. The summed E-state index contributed by atoms with van der Waals surface area (Å²) in [5, 5.41) is 3.97. The van der Waals surface area contributed by atoms with E-state index in [1.807, 2.05) is 30.3 Å². The lowest BCUT2D eigenvalue weighted by Gasteiger charge is -2.00. The third-order valence-electron chi connectivity index (χ3n) is 3.34. The number of rotatable bonds is 5. The number of carbonyl (C=O) groups excluding carboxylic acids is 1. The smallest absolute Gasteiger partial charge is 0.244 e. The van der Waals surface area contributed by atoms with Crippen LogP contribution in [-0.2, 0) is 11.2 Å². The zero-order valence-corrected chi connectivity index (χ0v) is 13.6. The van der Waals surface area contributed by atoms with Gasteiger partial charge in [-0.15, -0.1) is 11.3 Å². The summed E-state index contributed by atoms with van der Waals surface area (Å²) in [5.41, 5.74) is 4.38. The molecule has 0 bridgehead atoms. The topological polar surface area (TPSA) is 41.5 Å². The van der Waals surface area contributed by atoms with Gasteiger partial charge in [0, 0.05) is 9.75 Å². The van der Waals surface area contributed by atoms with Gasteiger partial charge in [-0.05, 0) is 35.4 Å². The molecule has 1 aromatic heterocycles. The lowest BCUT2D eigenvalue weighted by Crippen LogP contribution is -2.19. The fourth-order valence-corrected chi connectivity index (χ4v) is 3.06. The monoisotopic (exact) mass is 338 g/mol. The van der Waals surface area contributed by atoms with Crippen molar-refractivity contribution in [3.05, 3.63) is 83.0 Å². The number of carbonyl (C=O) groups is 1. The maximum absolute atomic E-state index is 12.8. The summed E-state index contributed by atoms with van der Waals surface area (Å²) >= 11 is 1.60. The Balaban J connectivity index is 1.55. The van der Waals surface area contributed by atoms with E-state index in [9.17, 15) is 9.18 Å². The molecule has 1 N–H and O–H groups in total. The van der Waals surface area contributed by atoms with E-state index in [-0.39, 0.29) is 18.1 Å². The van der Waals surface area contributed by atoms with Crippen molar-refractivity contribution in [2.24, 2.45) is 5.10 Å². The summed E-state index contributed by atoms with van der Waals surface area (Å²) in [6.45, 7) is 0. The van der Waals surface area contributed by atoms with Crippen LogP contribution in [0.1, 0.15) is 10.4 Å². The maximum atomic E-state index is 12.8. The van der Waals surface area contributed by atoms with Gasteiger partial charge in [0.25, 0.3) is 0 Å². The number of hydrogen-bond donors (Lipinski definition) is 1. The highest BCUT2D eigenvalue weighted by atomic mass is 32.1. The molecule has 2 aromatic carbocycles. The summed E-state index contributed by atoms with van der Waals surface area (Å²) in [6.07, 6.45) is 1.79. The van der Waals surface area contributed by atoms with Crippen molar-refractivity contribution in [2.75, 3.05) is 0 Å². The van der Waals surface area contributed by atoms with E-state index in [4.69, 9.17) is 0 Å². The molecule has 3 aromatic rings. The van der Waals surface area contributed by atoms with Crippen molar-refractivity contribution >= 4 is 23.5 Å². The first-order chi connectivity index (χ1) is 11.7. The standard InChI is InChI=1S/C19H15FN2OS/c20-16-8-6-14(7-9-16)12-19(23)22-21-13-17-10-11-18(24-17)15-4-2-1-3-5-15/h1-11,13H,12H2,(H,22,23)/b21-13-. The maximum Gasteiger partial charge on any atom is 0.244 e. The Morgan fingerprint density at radius 2 is 1.79 bits per heavy atom. The molecule has 0 unspecified atom stereocenters. The van der Waals surface area contributed by atoms with Crippen LogP contribution in [0.2, 0.25) is 0 Å². The van der Waals surface area contributed by atoms with Gasteiger partial charge in [-0.25, -0.2) is 9.82 Å². The number of hydrogen-bond acceptors (Lipinski definition) is 3. The van der Waals surface area contributed by atoms with Crippen LogP contribution in [0, 0.1) is 5.82 Å². The van der Waals surface area contributed by atoms with Gasteiger partial charge in [0.1, 0.15) is 5.82 Å². The number of amides is 1. The van der Waals surface area contributed by atoms with Crippen LogP contribution in [0.15, 0.2) is 71.8 Å². The van der Waals surface area contributed by atoms with Crippen LogP contribution in [0.25, 0.3) is 10.4 Å². The van der Waals surface area contributed by atoms with Crippen LogP contribution < -0.4 is 5.43 Å². The van der Waals surface area contributed by atoms with Gasteiger partial charge in [-0.3, -0.25) is 4.79 Å². The van der Waals surface area contributed by atoms with E-state index in [1.54, 1.807) is 29.7 Å². The molecule has 0 atom stereocenters. The van der Waals surface area contributed by atoms with Gasteiger partial charge in [0.2, 0.25) is 5.91 Å². The third kappa shape index (κ3) is 4.36. The average Bonchev–Trinajstić information content (AvgIpc) is 3.07. The first-order valence-corrected chi connectivity index (χ1v) is 8.24. The van der Waals surface area contributed by atoms with Crippen molar-refractivity contribution in [2.45, 2.75) is 6.42 Å². The van der Waals surface area contributed by atoms with Gasteiger partial charge in [0.05, 0.1) is 12.6 Å². The highest BCUT2D eigenvalue weighted by Crippen LogP contribution is 2.26. The molecule has 0 aliphatic rings. The molecule has 3 nitrogen and oxygen atoms in total. The summed E-state index contributed by atoms with van der Waals surface area (Å²) in [6, 6.07) is 19.9. The Morgan fingerprint density at radius 3 is 2.54 bits per heavy atom. The molecule has 120 valence electrons. The predicted molar refractivity (Wildman–Crippen MR) is 95.6 cm³/mol. The van der Waals surface area contributed by atoms with Crippen LogP contribution in [0.3, 0.4) is 0 Å². The molecule has 0 aliphatic carbocycles. The SMILES string of the molecule is O=C(Cc1ccc(F)cc1)N/N=C\c1ccc(-c2ccccc2)s1. The zero-order valence-electron chi connectivity index (χ0n) is 12.8. The fraction of sp³-hybridized carbons (Fsp3) is 0.0526. The van der Waals surface area contributed by atoms with Gasteiger partial charge < -0.3 is 0 Å². The number of nitrogens with one attached hydrogen (secondary N) is 1. The fourth-order valence-electron chi connectivity index (χ4n) is 2.17. The number of benzene rings is 2. The second-order valence-corrected chi connectivity index (χ2v) is 6.28. The molecule has 1 heterocycles. The Labute approximate surface area is 143 Å². The summed E-state index contributed by atoms with van der Waals surface area (Å²) < 4.78 is 12.8. The molecule has 0 radical (unpaired) electrons. The molecule has 0 saturated carbocycles. The number of halogens is 1. The van der Waals surface area contributed by atoms with Crippen LogP contribution in [0.5, 0.6) is 0 Å². The number of hydrazone groups is 1.